The van der Waals surface area contributed by atoms with Gasteiger partial charge in [0.05, 0.1) is 16.2 Å². The lowest BCUT2D eigenvalue weighted by Crippen LogP contribution is -2.27. The van der Waals surface area contributed by atoms with Crippen molar-refractivity contribution in [3.63, 3.8) is 0 Å². The van der Waals surface area contributed by atoms with Gasteiger partial charge in [-0.3, -0.25) is 19.7 Å². The third kappa shape index (κ3) is 5.77. The lowest BCUT2D eigenvalue weighted by molar-refractivity contribution is -0.385. The van der Waals surface area contributed by atoms with Gasteiger partial charge in [-0.2, -0.15) is 0 Å². The number of nitro groups is 1. The molecule has 0 aliphatic carbocycles. The first-order chi connectivity index (χ1) is 13.4. The van der Waals surface area contributed by atoms with Crippen LogP contribution in [0.5, 0.6) is 0 Å². The van der Waals surface area contributed by atoms with Crippen LogP contribution in [0.2, 0.25) is 5.02 Å². The first kappa shape index (κ1) is 21.3. The van der Waals surface area contributed by atoms with Crippen molar-refractivity contribution < 1.29 is 19.2 Å². The Bertz CT molecular complexity index is 872. The zero-order chi connectivity index (χ0) is 20.5. The third-order valence-corrected chi connectivity index (χ3v) is 4.01. The SMILES string of the molecule is CCOCCCNC(=O)c1ccccc1NC(=O)c1ccc(Cl)cc1[N+](=O)[O-]. The van der Waals surface area contributed by atoms with Crippen molar-refractivity contribution in [1.29, 1.82) is 0 Å². The molecule has 0 aliphatic heterocycles. The molecule has 0 spiro atoms. The van der Waals surface area contributed by atoms with E-state index >= 15 is 0 Å². The number of carbonyl (C=O) groups excluding carboxylic acids is 2. The van der Waals surface area contributed by atoms with Gasteiger partial charge in [-0.05, 0) is 37.6 Å². The highest BCUT2D eigenvalue weighted by molar-refractivity contribution is 6.31. The molecule has 2 aromatic rings. The van der Waals surface area contributed by atoms with Crippen LogP contribution < -0.4 is 10.6 Å². The van der Waals surface area contributed by atoms with E-state index < -0.39 is 16.5 Å². The molecular weight excluding hydrogens is 386 g/mol. The maximum atomic E-state index is 12.6. The number of hydrogen-bond donors (Lipinski definition) is 2. The molecule has 0 unspecified atom stereocenters. The molecule has 0 saturated carbocycles. The number of rotatable bonds is 9. The van der Waals surface area contributed by atoms with Gasteiger partial charge in [0.1, 0.15) is 5.56 Å². The number of anilines is 1. The highest BCUT2D eigenvalue weighted by Gasteiger charge is 2.22. The van der Waals surface area contributed by atoms with Gasteiger partial charge in [0, 0.05) is 30.8 Å². The van der Waals surface area contributed by atoms with E-state index in [1.807, 2.05) is 6.92 Å². The highest BCUT2D eigenvalue weighted by Crippen LogP contribution is 2.25. The summed E-state index contributed by atoms with van der Waals surface area (Å²) in [5, 5.41) is 16.7. The van der Waals surface area contributed by atoms with E-state index in [1.165, 1.54) is 12.1 Å². The summed E-state index contributed by atoms with van der Waals surface area (Å²) in [5.74, 6) is -1.07. The molecule has 0 heterocycles. The molecule has 0 bridgehead atoms. The maximum Gasteiger partial charge on any atom is 0.283 e. The molecule has 0 atom stereocenters. The average molecular weight is 406 g/mol. The van der Waals surface area contributed by atoms with Crippen molar-refractivity contribution >= 4 is 34.8 Å². The summed E-state index contributed by atoms with van der Waals surface area (Å²) in [6.45, 7) is 3.46. The van der Waals surface area contributed by atoms with Crippen molar-refractivity contribution in [2.45, 2.75) is 13.3 Å². The molecule has 0 aliphatic rings. The molecule has 0 radical (unpaired) electrons. The van der Waals surface area contributed by atoms with Crippen LogP contribution in [-0.4, -0.2) is 36.5 Å². The summed E-state index contributed by atoms with van der Waals surface area (Å²) >= 11 is 5.77. The van der Waals surface area contributed by atoms with Gasteiger partial charge < -0.3 is 15.4 Å². The van der Waals surface area contributed by atoms with Gasteiger partial charge in [-0.1, -0.05) is 23.7 Å². The van der Waals surface area contributed by atoms with Gasteiger partial charge in [0.15, 0.2) is 0 Å². The Morgan fingerprint density at radius 2 is 1.89 bits per heavy atom. The van der Waals surface area contributed by atoms with Crippen molar-refractivity contribution in [3.05, 3.63) is 68.7 Å². The topological polar surface area (TPSA) is 111 Å². The van der Waals surface area contributed by atoms with E-state index in [2.05, 4.69) is 10.6 Å². The number of amides is 2. The number of hydrogen-bond acceptors (Lipinski definition) is 5. The second-order valence-electron chi connectivity index (χ2n) is 5.72. The van der Waals surface area contributed by atoms with E-state index in [4.69, 9.17) is 16.3 Å². The van der Waals surface area contributed by atoms with Crippen LogP contribution in [0.4, 0.5) is 11.4 Å². The zero-order valence-electron chi connectivity index (χ0n) is 15.2. The minimum absolute atomic E-state index is 0.148. The number of benzene rings is 2. The predicted octanol–water partition coefficient (Wildman–Crippen LogP) is 3.66. The Hall–Kier alpha value is -2.97. The largest absolute Gasteiger partial charge is 0.382 e. The number of halogens is 1. The molecule has 2 N–H and O–H groups in total. The molecule has 0 saturated heterocycles. The number of nitrogens with one attached hydrogen (secondary N) is 2. The highest BCUT2D eigenvalue weighted by atomic mass is 35.5. The lowest BCUT2D eigenvalue weighted by Gasteiger charge is -2.12. The molecular formula is C19H20ClN3O5. The van der Waals surface area contributed by atoms with Crippen LogP contribution in [0.1, 0.15) is 34.1 Å². The van der Waals surface area contributed by atoms with Crippen LogP contribution >= 0.6 is 11.6 Å². The van der Waals surface area contributed by atoms with Crippen LogP contribution in [0.25, 0.3) is 0 Å². The van der Waals surface area contributed by atoms with E-state index in [9.17, 15) is 19.7 Å². The van der Waals surface area contributed by atoms with E-state index in [1.54, 1.807) is 24.3 Å². The number of nitro benzene ring substituents is 1. The summed E-state index contributed by atoms with van der Waals surface area (Å²) in [6, 6.07) is 10.2. The minimum atomic E-state index is -0.708. The van der Waals surface area contributed by atoms with Crippen LogP contribution in [-0.2, 0) is 4.74 Å². The molecule has 2 amide bonds. The molecule has 8 nitrogen and oxygen atoms in total. The number of nitrogens with zero attached hydrogens (tertiary/aromatic N) is 1. The van der Waals surface area contributed by atoms with Crippen LogP contribution in [0.3, 0.4) is 0 Å². The predicted molar refractivity (Wildman–Crippen MR) is 106 cm³/mol. The molecule has 2 aromatic carbocycles. The average Bonchev–Trinajstić information content (AvgIpc) is 2.67. The van der Waals surface area contributed by atoms with Gasteiger partial charge in [0.25, 0.3) is 17.5 Å². The Morgan fingerprint density at radius 1 is 1.14 bits per heavy atom. The normalized spacial score (nSPS) is 10.4. The quantitative estimate of drug-likeness (QED) is 0.375. The Labute approximate surface area is 167 Å². The van der Waals surface area contributed by atoms with Gasteiger partial charge in [0.2, 0.25) is 0 Å². The summed E-state index contributed by atoms with van der Waals surface area (Å²) in [4.78, 5) is 35.5. The second-order valence-corrected chi connectivity index (χ2v) is 6.16. The summed E-state index contributed by atoms with van der Waals surface area (Å²) < 4.78 is 5.21. The Kier molecular flexibility index (Phi) is 7.91. The Morgan fingerprint density at radius 3 is 2.61 bits per heavy atom. The third-order valence-electron chi connectivity index (χ3n) is 3.78. The first-order valence-corrected chi connectivity index (χ1v) is 9.02. The molecule has 2 rings (SSSR count). The monoisotopic (exact) mass is 405 g/mol. The van der Waals surface area contributed by atoms with Gasteiger partial charge in [-0.15, -0.1) is 0 Å². The Balaban J connectivity index is 2.14. The van der Waals surface area contributed by atoms with Gasteiger partial charge in [-0.25, -0.2) is 0 Å². The molecule has 0 fully saturated rings. The fourth-order valence-electron chi connectivity index (χ4n) is 2.44. The molecule has 9 heteroatoms. The van der Waals surface area contributed by atoms with Crippen molar-refractivity contribution in [2.75, 3.05) is 25.1 Å². The molecule has 28 heavy (non-hydrogen) atoms. The first-order valence-electron chi connectivity index (χ1n) is 8.64. The van der Waals surface area contributed by atoms with Crippen LogP contribution in [0, 0.1) is 10.1 Å². The van der Waals surface area contributed by atoms with E-state index in [-0.39, 0.29) is 27.7 Å². The molecule has 0 aromatic heterocycles. The zero-order valence-corrected chi connectivity index (χ0v) is 16.0. The number of carbonyl (C=O) groups is 2. The number of ether oxygens (including phenoxy) is 1. The lowest BCUT2D eigenvalue weighted by atomic mass is 10.1. The minimum Gasteiger partial charge on any atom is -0.382 e. The van der Waals surface area contributed by atoms with Crippen molar-refractivity contribution in [2.24, 2.45) is 0 Å². The number of para-hydroxylation sites is 1. The van der Waals surface area contributed by atoms with Crippen molar-refractivity contribution in [1.82, 2.24) is 5.32 Å². The summed E-state index contributed by atoms with van der Waals surface area (Å²) in [5.41, 5.74) is -0.0629. The fraction of sp³-hybridized carbons (Fsp3) is 0.263. The van der Waals surface area contributed by atoms with E-state index in [0.717, 1.165) is 6.07 Å². The van der Waals surface area contributed by atoms with E-state index in [0.29, 0.717) is 26.2 Å². The maximum absolute atomic E-state index is 12.6. The summed E-state index contributed by atoms with van der Waals surface area (Å²) in [6.07, 6.45) is 0.658. The fourth-order valence-corrected chi connectivity index (χ4v) is 2.61. The standard InChI is InChI=1S/C19H20ClN3O5/c1-2-28-11-5-10-21-18(24)14-6-3-4-7-16(14)22-19(25)15-9-8-13(20)12-17(15)23(26)27/h3-4,6-9,12H,2,5,10-11H2,1H3,(H,21,24)(H,22,25). The summed E-state index contributed by atoms with van der Waals surface area (Å²) in [7, 11) is 0. The smallest absolute Gasteiger partial charge is 0.283 e. The second kappa shape index (κ2) is 10.4. The van der Waals surface area contributed by atoms with Crippen LogP contribution in [0.15, 0.2) is 42.5 Å². The van der Waals surface area contributed by atoms with Crippen molar-refractivity contribution in [3.8, 4) is 0 Å². The molecule has 148 valence electrons. The van der Waals surface area contributed by atoms with Gasteiger partial charge >= 0.3 is 0 Å².